The Morgan fingerprint density at radius 3 is 2.78 bits per heavy atom. The normalized spacial score (nSPS) is 11.2. The molecule has 7 heteroatoms. The summed E-state index contributed by atoms with van der Waals surface area (Å²) in [6.07, 6.45) is 3.03. The van der Waals surface area contributed by atoms with Crippen LogP contribution in [-0.4, -0.2) is 35.5 Å². The van der Waals surface area contributed by atoms with Gasteiger partial charge in [0.2, 0.25) is 0 Å². The molecule has 0 fully saturated rings. The number of benzene rings is 2. The van der Waals surface area contributed by atoms with E-state index >= 15 is 0 Å². The molecule has 0 aliphatic heterocycles. The monoisotopic (exact) mass is 379 g/mol. The zero-order valence-electron chi connectivity index (χ0n) is 14.9. The molecule has 0 aliphatic rings. The first kappa shape index (κ1) is 17.5. The van der Waals surface area contributed by atoms with E-state index in [1.165, 1.54) is 0 Å². The van der Waals surface area contributed by atoms with Crippen molar-refractivity contribution >= 4 is 38.9 Å². The summed E-state index contributed by atoms with van der Waals surface area (Å²) in [7, 11) is 3.25. The van der Waals surface area contributed by atoms with Crippen LogP contribution in [0.4, 0.5) is 0 Å². The number of thiazole rings is 1. The van der Waals surface area contributed by atoms with Crippen molar-refractivity contribution in [3.63, 3.8) is 0 Å². The van der Waals surface area contributed by atoms with Gasteiger partial charge in [-0.15, -0.1) is 11.3 Å². The summed E-state index contributed by atoms with van der Waals surface area (Å²) in [5.41, 5.74) is 5.00. The van der Waals surface area contributed by atoms with Crippen molar-refractivity contribution in [3.8, 4) is 16.3 Å². The third-order valence-corrected chi connectivity index (χ3v) is 5.25. The molecule has 0 unspecified atom stereocenters. The van der Waals surface area contributed by atoms with E-state index in [0.717, 1.165) is 49.4 Å². The number of ether oxygens (including phenoxy) is 2. The van der Waals surface area contributed by atoms with Crippen LogP contribution in [0.1, 0.15) is 11.3 Å². The van der Waals surface area contributed by atoms with E-state index in [4.69, 9.17) is 14.5 Å². The first-order valence-electron chi connectivity index (χ1n) is 8.38. The van der Waals surface area contributed by atoms with Gasteiger partial charge in [-0.05, 0) is 23.8 Å². The molecule has 6 nitrogen and oxygen atoms in total. The topological polar surface area (TPSA) is 74.2 Å². The van der Waals surface area contributed by atoms with Gasteiger partial charge in [0.15, 0.2) is 0 Å². The molecule has 4 aromatic rings. The second-order valence-electron chi connectivity index (χ2n) is 6.03. The van der Waals surface area contributed by atoms with E-state index in [-0.39, 0.29) is 0 Å². The molecule has 0 saturated carbocycles. The fraction of sp³-hybridized carbons (Fsp3) is 0.200. The molecule has 2 aromatic carbocycles. The SMILES string of the molecule is COCc1cnc2c(-c3nc4ccc(CC=O)cc4s3)cc(OC)cc2n1. The Kier molecular flexibility index (Phi) is 4.79. The predicted octanol–water partition coefficient (Wildman–Crippen LogP) is 3.80. The highest BCUT2D eigenvalue weighted by atomic mass is 32.1. The number of carbonyl (C=O) groups is 1. The summed E-state index contributed by atoms with van der Waals surface area (Å²) >= 11 is 1.56. The Morgan fingerprint density at radius 1 is 1.11 bits per heavy atom. The average molecular weight is 379 g/mol. The maximum Gasteiger partial charge on any atom is 0.127 e. The first-order chi connectivity index (χ1) is 13.2. The highest BCUT2D eigenvalue weighted by Crippen LogP contribution is 2.36. The van der Waals surface area contributed by atoms with Crippen LogP contribution in [0.25, 0.3) is 31.8 Å². The Morgan fingerprint density at radius 2 is 2.00 bits per heavy atom. The molecule has 0 N–H and O–H groups in total. The zero-order chi connectivity index (χ0) is 18.8. The van der Waals surface area contributed by atoms with Gasteiger partial charge >= 0.3 is 0 Å². The molecule has 0 atom stereocenters. The van der Waals surface area contributed by atoms with Crippen molar-refractivity contribution < 1.29 is 14.3 Å². The highest BCUT2D eigenvalue weighted by molar-refractivity contribution is 7.21. The fourth-order valence-corrected chi connectivity index (χ4v) is 3.99. The zero-order valence-corrected chi connectivity index (χ0v) is 15.7. The minimum absolute atomic E-state index is 0.399. The number of rotatable bonds is 6. The average Bonchev–Trinajstić information content (AvgIpc) is 3.10. The Hall–Kier alpha value is -2.90. The van der Waals surface area contributed by atoms with Gasteiger partial charge in [0, 0.05) is 25.2 Å². The van der Waals surface area contributed by atoms with Crippen LogP contribution < -0.4 is 4.74 Å². The van der Waals surface area contributed by atoms with E-state index in [1.54, 1.807) is 31.8 Å². The molecule has 0 aliphatic carbocycles. The van der Waals surface area contributed by atoms with Gasteiger partial charge < -0.3 is 14.3 Å². The standard InChI is InChI=1S/C20H17N3O3S/c1-25-11-13-10-21-19-15(8-14(26-2)9-17(19)22-13)20-23-16-4-3-12(5-6-24)7-18(16)27-20/h3-4,6-10H,5,11H2,1-2H3. The lowest BCUT2D eigenvalue weighted by atomic mass is 10.1. The molecule has 0 bridgehead atoms. The molecule has 0 radical (unpaired) electrons. The third-order valence-electron chi connectivity index (χ3n) is 4.20. The second kappa shape index (κ2) is 7.38. The first-order valence-corrected chi connectivity index (χ1v) is 9.19. The lowest BCUT2D eigenvalue weighted by Crippen LogP contribution is -1.97. The molecule has 0 spiro atoms. The molecule has 2 heterocycles. The predicted molar refractivity (Wildman–Crippen MR) is 105 cm³/mol. The number of hydrogen-bond acceptors (Lipinski definition) is 7. The van der Waals surface area contributed by atoms with Gasteiger partial charge in [-0.1, -0.05) is 6.07 Å². The smallest absolute Gasteiger partial charge is 0.127 e. The molecule has 0 amide bonds. The van der Waals surface area contributed by atoms with Crippen molar-refractivity contribution in [1.82, 2.24) is 15.0 Å². The summed E-state index contributed by atoms with van der Waals surface area (Å²) in [5.74, 6) is 0.697. The van der Waals surface area contributed by atoms with Crippen LogP contribution in [0.5, 0.6) is 5.75 Å². The van der Waals surface area contributed by atoms with Crippen LogP contribution >= 0.6 is 11.3 Å². The van der Waals surface area contributed by atoms with Crippen LogP contribution in [0.15, 0.2) is 36.5 Å². The van der Waals surface area contributed by atoms with E-state index in [9.17, 15) is 4.79 Å². The summed E-state index contributed by atoms with van der Waals surface area (Å²) < 4.78 is 11.6. The molecule has 0 saturated heterocycles. The molecule has 4 rings (SSSR count). The minimum atomic E-state index is 0.399. The Labute approximate surface area is 159 Å². The molecule has 27 heavy (non-hydrogen) atoms. The largest absolute Gasteiger partial charge is 0.497 e. The van der Waals surface area contributed by atoms with Crippen LogP contribution in [0.3, 0.4) is 0 Å². The molecule has 136 valence electrons. The van der Waals surface area contributed by atoms with E-state index < -0.39 is 0 Å². The van der Waals surface area contributed by atoms with E-state index in [1.807, 2.05) is 30.3 Å². The van der Waals surface area contributed by atoms with Crippen molar-refractivity contribution in [3.05, 3.63) is 47.8 Å². The lowest BCUT2D eigenvalue weighted by molar-refractivity contribution is -0.107. The van der Waals surface area contributed by atoms with E-state index in [2.05, 4.69) is 9.97 Å². The van der Waals surface area contributed by atoms with Gasteiger partial charge in [0.25, 0.3) is 0 Å². The molecule has 2 aromatic heterocycles. The van der Waals surface area contributed by atoms with Crippen molar-refractivity contribution in [2.75, 3.05) is 14.2 Å². The number of carbonyl (C=O) groups excluding carboxylic acids is 1. The summed E-state index contributed by atoms with van der Waals surface area (Å²) in [4.78, 5) is 24.7. The van der Waals surface area contributed by atoms with Crippen molar-refractivity contribution in [2.45, 2.75) is 13.0 Å². The number of methoxy groups -OCH3 is 2. The van der Waals surface area contributed by atoms with Gasteiger partial charge in [-0.25, -0.2) is 9.97 Å². The summed E-state index contributed by atoms with van der Waals surface area (Å²) in [5, 5.41) is 0.839. The molecular weight excluding hydrogens is 362 g/mol. The van der Waals surface area contributed by atoms with Crippen LogP contribution in [-0.2, 0) is 22.6 Å². The molecular formula is C20H17N3O3S. The van der Waals surface area contributed by atoms with Gasteiger partial charge in [0.05, 0.1) is 46.9 Å². The highest BCUT2D eigenvalue weighted by Gasteiger charge is 2.14. The fourth-order valence-electron chi connectivity index (χ4n) is 2.94. The van der Waals surface area contributed by atoms with Crippen molar-refractivity contribution in [1.29, 1.82) is 0 Å². The number of hydrogen-bond donors (Lipinski definition) is 0. The maximum absolute atomic E-state index is 10.8. The quantitative estimate of drug-likeness (QED) is 0.474. The second-order valence-corrected chi connectivity index (χ2v) is 7.06. The van der Waals surface area contributed by atoms with E-state index in [0.29, 0.717) is 18.8 Å². The van der Waals surface area contributed by atoms with Gasteiger partial charge in [-0.3, -0.25) is 4.98 Å². The Bertz CT molecular complexity index is 1140. The summed E-state index contributed by atoms with van der Waals surface area (Å²) in [6, 6.07) is 9.67. The number of aromatic nitrogens is 3. The number of nitrogens with zero attached hydrogens (tertiary/aromatic N) is 3. The van der Waals surface area contributed by atoms with Crippen LogP contribution in [0, 0.1) is 0 Å². The number of aldehydes is 1. The Balaban J connectivity index is 1.88. The number of fused-ring (bicyclic) bond motifs is 2. The van der Waals surface area contributed by atoms with Crippen molar-refractivity contribution in [2.24, 2.45) is 0 Å². The summed E-state index contributed by atoms with van der Waals surface area (Å²) in [6.45, 7) is 0.399. The van der Waals surface area contributed by atoms with Gasteiger partial charge in [0.1, 0.15) is 17.0 Å². The minimum Gasteiger partial charge on any atom is -0.497 e. The van der Waals surface area contributed by atoms with Crippen LogP contribution in [0.2, 0.25) is 0 Å². The lowest BCUT2D eigenvalue weighted by Gasteiger charge is -2.08. The van der Waals surface area contributed by atoms with Gasteiger partial charge in [-0.2, -0.15) is 0 Å². The maximum atomic E-state index is 10.8. The third kappa shape index (κ3) is 3.39.